The fourth-order valence-electron chi connectivity index (χ4n) is 3.28. The van der Waals surface area contributed by atoms with Crippen LogP contribution in [-0.4, -0.2) is 39.9 Å². The third-order valence-corrected chi connectivity index (χ3v) is 4.60. The van der Waals surface area contributed by atoms with E-state index in [0.29, 0.717) is 18.4 Å². The molecule has 120 valence electrons. The van der Waals surface area contributed by atoms with Gasteiger partial charge in [0.1, 0.15) is 0 Å². The molecule has 0 amide bonds. The highest BCUT2D eigenvalue weighted by Crippen LogP contribution is 2.24. The lowest BCUT2D eigenvalue weighted by molar-refractivity contribution is 0.249. The van der Waals surface area contributed by atoms with Gasteiger partial charge in [-0.05, 0) is 43.7 Å². The number of nitrogens with zero attached hydrogens (tertiary/aromatic N) is 5. The number of fused-ring (bicyclic) bond motifs is 1. The molecule has 1 atom stereocenters. The van der Waals surface area contributed by atoms with Crippen molar-refractivity contribution in [2.45, 2.75) is 32.6 Å². The zero-order chi connectivity index (χ0) is 15.6. The maximum absolute atomic E-state index is 5.88. The number of rotatable bonds is 4. The minimum atomic E-state index is 0.481. The van der Waals surface area contributed by atoms with Crippen LogP contribution >= 0.6 is 0 Å². The van der Waals surface area contributed by atoms with Crippen LogP contribution in [0.1, 0.15) is 29.7 Å². The molecule has 1 aliphatic heterocycles. The molecule has 23 heavy (non-hydrogen) atoms. The largest absolute Gasteiger partial charge is 0.476 e. The molecule has 0 bridgehead atoms. The summed E-state index contributed by atoms with van der Waals surface area (Å²) in [6, 6.07) is 2.06. The van der Waals surface area contributed by atoms with Crippen LogP contribution in [0.2, 0.25) is 0 Å². The summed E-state index contributed by atoms with van der Waals surface area (Å²) in [5.41, 5.74) is 3.53. The van der Waals surface area contributed by atoms with E-state index in [1.807, 2.05) is 19.3 Å². The zero-order valence-corrected chi connectivity index (χ0v) is 13.4. The molecule has 1 saturated heterocycles. The van der Waals surface area contributed by atoms with Crippen LogP contribution in [0, 0.1) is 12.8 Å². The van der Waals surface area contributed by atoms with Gasteiger partial charge in [0.2, 0.25) is 11.8 Å². The van der Waals surface area contributed by atoms with Gasteiger partial charge < -0.3 is 9.64 Å². The van der Waals surface area contributed by atoms with E-state index in [2.05, 4.69) is 31.1 Å². The Bertz CT molecular complexity index is 688. The highest BCUT2D eigenvalue weighted by Gasteiger charge is 2.25. The standard InChI is InChI=1S/C17H21N5O/c1-12-8-18-17(19-9-12)22-6-5-13(10-22)11-23-16-7-14-3-2-4-15(14)20-21-16/h7-9,13H,2-6,10-11H2,1H3. The number of hydrogen-bond acceptors (Lipinski definition) is 6. The molecule has 3 heterocycles. The normalized spacial score (nSPS) is 19.9. The number of aryl methyl sites for hydroxylation is 3. The van der Waals surface area contributed by atoms with Gasteiger partial charge in [-0.25, -0.2) is 9.97 Å². The summed E-state index contributed by atoms with van der Waals surface area (Å²) < 4.78 is 5.88. The first-order valence-corrected chi connectivity index (χ1v) is 8.30. The summed E-state index contributed by atoms with van der Waals surface area (Å²) in [7, 11) is 0. The van der Waals surface area contributed by atoms with Crippen LogP contribution in [-0.2, 0) is 12.8 Å². The first kappa shape index (κ1) is 14.4. The third-order valence-electron chi connectivity index (χ3n) is 4.60. The van der Waals surface area contributed by atoms with Gasteiger partial charge in [-0.3, -0.25) is 0 Å². The summed E-state index contributed by atoms with van der Waals surface area (Å²) in [6.45, 7) is 4.59. The Labute approximate surface area is 135 Å². The van der Waals surface area contributed by atoms with E-state index in [9.17, 15) is 0 Å². The van der Waals surface area contributed by atoms with Gasteiger partial charge in [-0.1, -0.05) is 0 Å². The molecule has 0 N–H and O–H groups in total. The van der Waals surface area contributed by atoms with Gasteiger partial charge in [-0.2, -0.15) is 5.10 Å². The molecule has 0 spiro atoms. The fraction of sp³-hybridized carbons (Fsp3) is 0.529. The molecule has 1 unspecified atom stereocenters. The number of hydrogen-bond donors (Lipinski definition) is 0. The monoisotopic (exact) mass is 311 g/mol. The molecule has 0 radical (unpaired) electrons. The second kappa shape index (κ2) is 6.10. The molecule has 0 saturated carbocycles. The van der Waals surface area contributed by atoms with Crippen molar-refractivity contribution in [2.75, 3.05) is 24.6 Å². The quantitative estimate of drug-likeness (QED) is 0.860. The first-order valence-electron chi connectivity index (χ1n) is 8.30. The summed E-state index contributed by atoms with van der Waals surface area (Å²) in [5, 5.41) is 8.46. The third kappa shape index (κ3) is 3.11. The van der Waals surface area contributed by atoms with E-state index in [4.69, 9.17) is 4.74 Å². The molecule has 6 heteroatoms. The fourth-order valence-corrected chi connectivity index (χ4v) is 3.28. The van der Waals surface area contributed by atoms with Crippen molar-refractivity contribution in [1.29, 1.82) is 0 Å². The molecule has 1 fully saturated rings. The van der Waals surface area contributed by atoms with Crippen molar-refractivity contribution in [3.8, 4) is 5.88 Å². The summed E-state index contributed by atoms with van der Waals surface area (Å²) in [6.07, 6.45) is 8.16. The van der Waals surface area contributed by atoms with Crippen molar-refractivity contribution in [1.82, 2.24) is 20.2 Å². The lowest BCUT2D eigenvalue weighted by Gasteiger charge is -2.16. The average molecular weight is 311 g/mol. The van der Waals surface area contributed by atoms with Gasteiger partial charge in [0.25, 0.3) is 0 Å². The molecular weight excluding hydrogens is 290 g/mol. The minimum Gasteiger partial charge on any atom is -0.476 e. The van der Waals surface area contributed by atoms with Gasteiger partial charge in [0.05, 0.1) is 12.3 Å². The molecule has 2 aliphatic rings. The van der Waals surface area contributed by atoms with Crippen molar-refractivity contribution in [2.24, 2.45) is 5.92 Å². The van der Waals surface area contributed by atoms with E-state index in [1.165, 1.54) is 12.0 Å². The van der Waals surface area contributed by atoms with Gasteiger partial charge >= 0.3 is 0 Å². The topological polar surface area (TPSA) is 64.0 Å². The Balaban J connectivity index is 1.33. The van der Waals surface area contributed by atoms with E-state index in [-0.39, 0.29) is 0 Å². The summed E-state index contributed by atoms with van der Waals surface area (Å²) in [5.74, 6) is 1.96. The Morgan fingerprint density at radius 3 is 2.96 bits per heavy atom. The molecule has 2 aromatic rings. The Kier molecular flexibility index (Phi) is 3.81. The van der Waals surface area contributed by atoms with Crippen LogP contribution in [0.25, 0.3) is 0 Å². The number of aromatic nitrogens is 4. The van der Waals surface area contributed by atoms with Gasteiger partial charge in [-0.15, -0.1) is 5.10 Å². The first-order chi connectivity index (χ1) is 11.3. The second-order valence-electron chi connectivity index (χ2n) is 6.48. The Hall–Kier alpha value is -2.24. The maximum Gasteiger partial charge on any atom is 0.233 e. The smallest absolute Gasteiger partial charge is 0.233 e. The Morgan fingerprint density at radius 1 is 1.22 bits per heavy atom. The van der Waals surface area contributed by atoms with Crippen molar-refractivity contribution >= 4 is 5.95 Å². The molecule has 2 aromatic heterocycles. The average Bonchev–Trinajstić information content (AvgIpc) is 3.22. The molecule has 6 nitrogen and oxygen atoms in total. The van der Waals surface area contributed by atoms with E-state index < -0.39 is 0 Å². The van der Waals surface area contributed by atoms with Crippen LogP contribution < -0.4 is 9.64 Å². The van der Waals surface area contributed by atoms with Crippen molar-refractivity contribution in [3.05, 3.63) is 35.3 Å². The number of anilines is 1. The Morgan fingerprint density at radius 2 is 2.09 bits per heavy atom. The van der Waals surface area contributed by atoms with Crippen LogP contribution in [0.15, 0.2) is 18.5 Å². The minimum absolute atomic E-state index is 0.481. The van der Waals surface area contributed by atoms with Crippen molar-refractivity contribution < 1.29 is 4.74 Å². The molecule has 4 rings (SSSR count). The zero-order valence-electron chi connectivity index (χ0n) is 13.4. The lowest BCUT2D eigenvalue weighted by Crippen LogP contribution is -2.23. The molecule has 0 aromatic carbocycles. The van der Waals surface area contributed by atoms with E-state index >= 15 is 0 Å². The molecular formula is C17H21N5O. The second-order valence-corrected chi connectivity index (χ2v) is 6.48. The van der Waals surface area contributed by atoms with Crippen LogP contribution in [0.3, 0.4) is 0 Å². The van der Waals surface area contributed by atoms with Crippen molar-refractivity contribution in [3.63, 3.8) is 0 Å². The van der Waals surface area contributed by atoms with E-state index in [1.54, 1.807) is 0 Å². The van der Waals surface area contributed by atoms with Gasteiger partial charge in [0, 0.05) is 37.5 Å². The molecule has 1 aliphatic carbocycles. The highest BCUT2D eigenvalue weighted by molar-refractivity contribution is 5.31. The predicted octanol–water partition coefficient (Wildman–Crippen LogP) is 1.97. The SMILES string of the molecule is Cc1cnc(N2CCC(COc3cc4c(nn3)CCC4)C2)nc1. The van der Waals surface area contributed by atoms with Crippen LogP contribution in [0.4, 0.5) is 5.95 Å². The van der Waals surface area contributed by atoms with E-state index in [0.717, 1.165) is 49.6 Å². The highest BCUT2D eigenvalue weighted by atomic mass is 16.5. The maximum atomic E-state index is 5.88. The van der Waals surface area contributed by atoms with Crippen LogP contribution in [0.5, 0.6) is 5.88 Å². The summed E-state index contributed by atoms with van der Waals surface area (Å²) in [4.78, 5) is 11.0. The predicted molar refractivity (Wildman–Crippen MR) is 86.6 cm³/mol. The number of ether oxygens (including phenoxy) is 1. The summed E-state index contributed by atoms with van der Waals surface area (Å²) >= 11 is 0. The van der Waals surface area contributed by atoms with Gasteiger partial charge in [0.15, 0.2) is 0 Å². The lowest BCUT2D eigenvalue weighted by atomic mass is 10.1.